The fourth-order valence-corrected chi connectivity index (χ4v) is 7.71. The average Bonchev–Trinajstić information content (AvgIpc) is 3.78. The third-order valence-corrected chi connectivity index (χ3v) is 10.5. The van der Waals surface area contributed by atoms with Gasteiger partial charge in [-0.3, -0.25) is 0 Å². The highest BCUT2D eigenvalue weighted by atomic mass is 15.1. The fraction of sp³-hybridized carbons (Fsp3) is 0. The van der Waals surface area contributed by atoms with Crippen LogP contribution < -0.4 is 4.90 Å². The summed E-state index contributed by atoms with van der Waals surface area (Å²) >= 11 is 0. The van der Waals surface area contributed by atoms with E-state index >= 15 is 0 Å². The molecular weight excluding hydrogens is 725 g/mol. The van der Waals surface area contributed by atoms with Crippen molar-refractivity contribution in [3.8, 4) is 50.2 Å². The maximum Gasteiger partial charge on any atom is 0.0645 e. The summed E-state index contributed by atoms with van der Waals surface area (Å²) in [6.45, 7) is 0. The topological polar surface area (TPSA) is 8.17 Å². The molecule has 0 aliphatic carbocycles. The Labute approximate surface area is 374 Å². The van der Waals surface area contributed by atoms with E-state index in [-0.39, 0.29) is 11.3 Å². The van der Waals surface area contributed by atoms with Crippen LogP contribution in [0.4, 0.5) is 17.1 Å². The molecule has 1 heterocycles. The van der Waals surface area contributed by atoms with Crippen LogP contribution in [0.3, 0.4) is 0 Å². The van der Waals surface area contributed by atoms with E-state index in [0.717, 1.165) is 48.7 Å². The van der Waals surface area contributed by atoms with Gasteiger partial charge in [-0.2, -0.15) is 0 Å². The number of nitrogens with zero attached hydrogens (tertiary/aromatic N) is 2. The number of benzene rings is 10. The van der Waals surface area contributed by atoms with Crippen molar-refractivity contribution in [2.45, 2.75) is 0 Å². The first-order valence-corrected chi connectivity index (χ1v) is 19.2. The van der Waals surface area contributed by atoms with Crippen LogP contribution in [-0.2, 0) is 0 Å². The smallest absolute Gasteiger partial charge is 0.0645 e. The third-order valence-electron chi connectivity index (χ3n) is 10.5. The Kier molecular flexibility index (Phi) is 5.46. The van der Waals surface area contributed by atoms with Gasteiger partial charge in [0, 0.05) is 33.4 Å². The molecule has 11 aromatic rings. The van der Waals surface area contributed by atoms with Crippen LogP contribution in [0, 0.1) is 0 Å². The largest absolute Gasteiger partial charge is 0.310 e. The lowest BCUT2D eigenvalue weighted by atomic mass is 9.96. The van der Waals surface area contributed by atoms with Gasteiger partial charge in [-0.15, -0.1) is 0 Å². The zero-order chi connectivity index (χ0) is 54.6. The van der Waals surface area contributed by atoms with E-state index in [2.05, 4.69) is 10.6 Å². The molecule has 282 valence electrons. The summed E-state index contributed by atoms with van der Waals surface area (Å²) in [5.74, 6) is 0. The number of hydrogen-bond donors (Lipinski definition) is 0. The summed E-state index contributed by atoms with van der Waals surface area (Å²) in [5.41, 5.74) is 0.632. The second-order valence-electron chi connectivity index (χ2n) is 14.1. The van der Waals surface area contributed by atoms with Gasteiger partial charge in [0.1, 0.15) is 0 Å². The van der Waals surface area contributed by atoms with Gasteiger partial charge < -0.3 is 9.47 Å². The molecule has 0 unspecified atom stereocenters. The summed E-state index contributed by atoms with van der Waals surface area (Å²) in [6, 6.07) is 29.8. The van der Waals surface area contributed by atoms with E-state index in [0.29, 0.717) is 11.1 Å². The van der Waals surface area contributed by atoms with Gasteiger partial charge in [-0.25, -0.2) is 0 Å². The summed E-state index contributed by atoms with van der Waals surface area (Å²) in [7, 11) is 0. The number of fused-ring (bicyclic) bond motifs is 4. The number of aromatic nitrogens is 1. The van der Waals surface area contributed by atoms with Crippen LogP contribution >= 0.6 is 0 Å². The van der Waals surface area contributed by atoms with Crippen molar-refractivity contribution in [2.24, 2.45) is 0 Å². The molecule has 1 aromatic heterocycles. The van der Waals surface area contributed by atoms with Gasteiger partial charge in [0.05, 0.1) is 40.0 Å². The Morgan fingerprint density at radius 3 is 1.77 bits per heavy atom. The predicted octanol–water partition coefficient (Wildman–Crippen LogP) is 16.1. The van der Waals surface area contributed by atoms with Crippen LogP contribution in [-0.4, -0.2) is 4.57 Å². The van der Waals surface area contributed by atoms with Crippen LogP contribution in [0.15, 0.2) is 242 Å². The lowest BCUT2D eigenvalue weighted by molar-refractivity contribution is 1.19. The molecule has 11 rings (SSSR count). The van der Waals surface area contributed by atoms with Crippen LogP contribution in [0.25, 0.3) is 82.8 Å². The van der Waals surface area contributed by atoms with Crippen molar-refractivity contribution in [1.82, 2.24) is 4.57 Å². The van der Waals surface area contributed by atoms with E-state index in [1.54, 1.807) is 30.3 Å². The molecule has 0 saturated carbocycles. The Morgan fingerprint density at radius 2 is 0.983 bits per heavy atom. The molecule has 0 aliphatic heterocycles. The SMILES string of the molecule is [2H]c1c([2H])c([2H])c(-c2c([2H])c([2H])c(N(c3ccc(-c4ccccc4)cc3)c3c([2H])c([2H])c(-c4ccc5c(c4)c4ccccc4n5-c4ccc5ccccc5c4)c([2H])c3[2H])c(-c3c([2H])c([2H])c([2H])c([2H])c3[2H])c2[2H])c([2H])c1[2H]. The first-order valence-electron chi connectivity index (χ1n) is 27.7. The zero-order valence-corrected chi connectivity index (χ0v) is 31.7. The molecule has 0 fully saturated rings. The standard InChI is InChI=1S/C58H40N2/c1-4-14-41(15-5-1)44-24-31-50(32-25-44)59(57-36-29-48(42-16-6-2-7-17-42)39-54(57)46-19-8-3-9-20-46)51-33-26-45(27-34-51)49-30-37-58-55(40-49)53-22-12-13-23-56(53)60(58)52-35-28-43-18-10-11-21-47(43)38-52/h1-40H/i2D,3D,6D,7D,8D,9D,16D,17D,19D,20D,26D,27D,29D,33D,34D,36D,39D. The predicted molar refractivity (Wildman–Crippen MR) is 255 cm³/mol. The van der Waals surface area contributed by atoms with Crippen LogP contribution in [0.5, 0.6) is 0 Å². The van der Waals surface area contributed by atoms with Crippen molar-refractivity contribution in [3.63, 3.8) is 0 Å². The third kappa shape index (κ3) is 6.41. The van der Waals surface area contributed by atoms with Gasteiger partial charge in [0.2, 0.25) is 0 Å². The van der Waals surface area contributed by atoms with E-state index < -0.39 is 136 Å². The molecule has 10 aromatic carbocycles. The molecule has 0 amide bonds. The number of para-hydroxylation sites is 1. The lowest BCUT2D eigenvalue weighted by Crippen LogP contribution is -2.11. The molecule has 0 aliphatic rings. The minimum absolute atomic E-state index is 0.0395. The number of anilines is 3. The first-order chi connectivity index (χ1) is 36.8. The van der Waals surface area contributed by atoms with E-state index in [4.69, 9.17) is 11.0 Å². The number of rotatable bonds is 8. The highest BCUT2D eigenvalue weighted by Gasteiger charge is 2.20. The summed E-state index contributed by atoms with van der Waals surface area (Å²) < 4.78 is 158. The van der Waals surface area contributed by atoms with Crippen molar-refractivity contribution < 1.29 is 23.3 Å². The Hall–Kier alpha value is -7.94. The van der Waals surface area contributed by atoms with Gasteiger partial charge >= 0.3 is 0 Å². The lowest BCUT2D eigenvalue weighted by Gasteiger charge is -2.29. The van der Waals surface area contributed by atoms with E-state index in [1.807, 2.05) is 103 Å². The molecule has 0 radical (unpaired) electrons. The normalized spacial score (nSPS) is 15.3. The Morgan fingerprint density at radius 1 is 0.367 bits per heavy atom. The maximum atomic E-state index is 9.92. The molecule has 0 bridgehead atoms. The highest BCUT2D eigenvalue weighted by Crippen LogP contribution is 2.44. The van der Waals surface area contributed by atoms with Crippen molar-refractivity contribution in [3.05, 3.63) is 242 Å². The molecule has 60 heavy (non-hydrogen) atoms. The first kappa shape index (κ1) is 21.7. The number of hydrogen-bond acceptors (Lipinski definition) is 1. The second-order valence-corrected chi connectivity index (χ2v) is 14.1. The maximum absolute atomic E-state index is 9.92. The Bertz CT molecular complexity index is 4220. The van der Waals surface area contributed by atoms with Gasteiger partial charge in [-0.1, -0.05) is 176 Å². The van der Waals surface area contributed by atoms with E-state index in [9.17, 15) is 12.3 Å². The molecule has 2 nitrogen and oxygen atoms in total. The molecule has 0 saturated heterocycles. The monoisotopic (exact) mass is 781 g/mol. The molecule has 0 spiro atoms. The van der Waals surface area contributed by atoms with Crippen LogP contribution in [0.2, 0.25) is 0 Å². The van der Waals surface area contributed by atoms with Gasteiger partial charge in [0.15, 0.2) is 0 Å². The van der Waals surface area contributed by atoms with Crippen LogP contribution in [0.1, 0.15) is 23.3 Å². The Balaban J connectivity index is 1.21. The van der Waals surface area contributed by atoms with E-state index in [1.165, 1.54) is 0 Å². The van der Waals surface area contributed by atoms with Crippen molar-refractivity contribution in [2.75, 3.05) is 4.90 Å². The minimum atomic E-state index is -0.882. The second kappa shape index (κ2) is 15.1. The molecule has 2 heteroatoms. The summed E-state index contributed by atoms with van der Waals surface area (Å²) in [5, 5.41) is 3.74. The summed E-state index contributed by atoms with van der Waals surface area (Å²) in [4.78, 5) is 1.10. The molecule has 0 atom stereocenters. The average molecular weight is 782 g/mol. The zero-order valence-electron chi connectivity index (χ0n) is 48.7. The highest BCUT2D eigenvalue weighted by molar-refractivity contribution is 6.10. The fourth-order valence-electron chi connectivity index (χ4n) is 7.71. The van der Waals surface area contributed by atoms with Crippen molar-refractivity contribution >= 4 is 49.6 Å². The molecular formula is C58H40N2. The van der Waals surface area contributed by atoms with Gasteiger partial charge in [-0.05, 0) is 116 Å². The quantitative estimate of drug-likeness (QED) is 0.149. The van der Waals surface area contributed by atoms with Crippen molar-refractivity contribution in [1.29, 1.82) is 0 Å². The summed E-state index contributed by atoms with van der Waals surface area (Å²) in [6.07, 6.45) is 0. The molecule has 0 N–H and O–H groups in total. The minimum Gasteiger partial charge on any atom is -0.310 e. The van der Waals surface area contributed by atoms with Gasteiger partial charge in [0.25, 0.3) is 0 Å².